The third-order valence-corrected chi connectivity index (χ3v) is 2.68. The lowest BCUT2D eigenvalue weighted by Crippen LogP contribution is -1.88. The summed E-state index contributed by atoms with van der Waals surface area (Å²) >= 11 is 5.92. The average molecular weight is 285 g/mol. The second-order valence-electron chi connectivity index (χ2n) is 3.59. The molecule has 0 spiro atoms. The first-order valence-electron chi connectivity index (χ1n) is 5.95. The van der Waals surface area contributed by atoms with Gasteiger partial charge in [0.2, 0.25) is 0 Å². The van der Waals surface area contributed by atoms with Gasteiger partial charge in [-0.2, -0.15) is 0 Å². The van der Waals surface area contributed by atoms with Crippen LogP contribution in [0.15, 0.2) is 36.4 Å². The second-order valence-corrected chi connectivity index (χ2v) is 4.00. The number of benzene rings is 2. The van der Waals surface area contributed by atoms with Crippen molar-refractivity contribution in [2.24, 2.45) is 0 Å². The molecule has 0 aliphatic rings. The fourth-order valence-corrected chi connectivity index (χ4v) is 1.48. The van der Waals surface area contributed by atoms with Gasteiger partial charge in [-0.25, -0.2) is 8.78 Å². The lowest BCUT2D eigenvalue weighted by atomic mass is 10.2. The highest BCUT2D eigenvalue weighted by Crippen LogP contribution is 2.27. The second kappa shape index (κ2) is 7.10. The van der Waals surface area contributed by atoms with Crippen molar-refractivity contribution in [3.63, 3.8) is 0 Å². The summed E-state index contributed by atoms with van der Waals surface area (Å²) in [5.41, 5.74) is 0.921. The molecule has 0 atom stereocenters. The molecule has 19 heavy (non-hydrogen) atoms. The minimum Gasteiger partial charge on any atom is -0.457 e. The molecule has 2 aromatic carbocycles. The highest BCUT2D eigenvalue weighted by atomic mass is 35.5. The Morgan fingerprint density at radius 2 is 1.47 bits per heavy atom. The highest BCUT2D eigenvalue weighted by molar-refractivity contribution is 6.31. The van der Waals surface area contributed by atoms with E-state index < -0.39 is 11.6 Å². The first-order chi connectivity index (χ1) is 9.06. The summed E-state index contributed by atoms with van der Waals surface area (Å²) in [5, 5.41) is 0.560. The molecule has 0 unspecified atom stereocenters. The van der Waals surface area contributed by atoms with E-state index in [9.17, 15) is 8.78 Å². The molecule has 2 aromatic rings. The SMILES string of the molecule is CC.Cc1ccc(Oc2ccc(F)c(F)c2)cc1Cl. The van der Waals surface area contributed by atoms with Gasteiger partial charge in [-0.05, 0) is 36.8 Å². The quantitative estimate of drug-likeness (QED) is 0.683. The van der Waals surface area contributed by atoms with E-state index in [0.29, 0.717) is 10.8 Å². The summed E-state index contributed by atoms with van der Waals surface area (Å²) in [6, 6.07) is 8.48. The number of aryl methyl sites for hydroxylation is 1. The minimum absolute atomic E-state index is 0.226. The van der Waals surface area contributed by atoms with Gasteiger partial charge in [0.1, 0.15) is 11.5 Å². The maximum atomic E-state index is 12.9. The van der Waals surface area contributed by atoms with Crippen LogP contribution in [-0.2, 0) is 0 Å². The maximum absolute atomic E-state index is 12.9. The molecule has 0 radical (unpaired) electrons. The summed E-state index contributed by atoms with van der Waals surface area (Å²) in [6.45, 7) is 5.86. The molecule has 0 bridgehead atoms. The van der Waals surface area contributed by atoms with E-state index in [2.05, 4.69) is 0 Å². The van der Waals surface area contributed by atoms with Crippen LogP contribution in [0.2, 0.25) is 5.02 Å². The number of hydrogen-bond donors (Lipinski definition) is 0. The van der Waals surface area contributed by atoms with Crippen LogP contribution in [0.1, 0.15) is 19.4 Å². The van der Waals surface area contributed by atoms with Crippen LogP contribution in [0.4, 0.5) is 8.78 Å². The van der Waals surface area contributed by atoms with Crippen molar-refractivity contribution in [2.45, 2.75) is 20.8 Å². The van der Waals surface area contributed by atoms with Gasteiger partial charge in [0.25, 0.3) is 0 Å². The van der Waals surface area contributed by atoms with Crippen LogP contribution in [0.25, 0.3) is 0 Å². The van der Waals surface area contributed by atoms with Crippen molar-refractivity contribution in [2.75, 3.05) is 0 Å². The minimum atomic E-state index is -0.944. The summed E-state index contributed by atoms with van der Waals surface area (Å²) < 4.78 is 31.0. The average Bonchev–Trinajstić information content (AvgIpc) is 2.41. The molecule has 0 aromatic heterocycles. The molecule has 0 aliphatic carbocycles. The lowest BCUT2D eigenvalue weighted by Gasteiger charge is -2.07. The van der Waals surface area contributed by atoms with Crippen LogP contribution in [0.3, 0.4) is 0 Å². The summed E-state index contributed by atoms with van der Waals surface area (Å²) in [4.78, 5) is 0. The van der Waals surface area contributed by atoms with Gasteiger partial charge in [-0.1, -0.05) is 31.5 Å². The zero-order valence-electron chi connectivity index (χ0n) is 11.0. The zero-order chi connectivity index (χ0) is 14.4. The van der Waals surface area contributed by atoms with Crippen molar-refractivity contribution in [3.8, 4) is 11.5 Å². The Bertz CT molecular complexity index is 506. The van der Waals surface area contributed by atoms with Crippen LogP contribution in [0.5, 0.6) is 11.5 Å². The molecule has 102 valence electrons. The Labute approximate surface area is 116 Å². The molecule has 0 aliphatic heterocycles. The van der Waals surface area contributed by atoms with Gasteiger partial charge in [0, 0.05) is 11.1 Å². The van der Waals surface area contributed by atoms with Gasteiger partial charge in [-0.3, -0.25) is 0 Å². The Morgan fingerprint density at radius 1 is 0.895 bits per heavy atom. The lowest BCUT2D eigenvalue weighted by molar-refractivity contribution is 0.461. The largest absolute Gasteiger partial charge is 0.457 e. The molecule has 1 nitrogen and oxygen atoms in total. The van der Waals surface area contributed by atoms with Gasteiger partial charge < -0.3 is 4.74 Å². The van der Waals surface area contributed by atoms with Crippen LogP contribution >= 0.6 is 11.6 Å². The Morgan fingerprint density at radius 3 is 2.05 bits per heavy atom. The Kier molecular flexibility index (Phi) is 5.77. The summed E-state index contributed by atoms with van der Waals surface area (Å²) in [7, 11) is 0. The molecule has 0 heterocycles. The molecular formula is C15H15ClF2O. The molecule has 0 saturated carbocycles. The van der Waals surface area contributed by atoms with E-state index in [-0.39, 0.29) is 5.75 Å². The monoisotopic (exact) mass is 284 g/mol. The normalized spacial score (nSPS) is 9.58. The standard InChI is InChI=1S/C13H9ClF2O.C2H6/c1-8-2-3-9(6-11(8)14)17-10-4-5-12(15)13(16)7-10;1-2/h2-7H,1H3;1-2H3. The van der Waals surface area contributed by atoms with E-state index in [0.717, 1.165) is 17.7 Å². The number of halogens is 3. The number of hydrogen-bond acceptors (Lipinski definition) is 1. The molecular weight excluding hydrogens is 270 g/mol. The highest BCUT2D eigenvalue weighted by Gasteiger charge is 2.05. The van der Waals surface area contributed by atoms with Gasteiger partial charge in [-0.15, -0.1) is 0 Å². The fourth-order valence-electron chi connectivity index (χ4n) is 1.31. The van der Waals surface area contributed by atoms with E-state index in [1.165, 1.54) is 6.07 Å². The van der Waals surface area contributed by atoms with Gasteiger partial charge in [0.05, 0.1) is 0 Å². The van der Waals surface area contributed by atoms with Crippen LogP contribution in [-0.4, -0.2) is 0 Å². The van der Waals surface area contributed by atoms with Gasteiger partial charge in [0.15, 0.2) is 11.6 Å². The fraction of sp³-hybridized carbons (Fsp3) is 0.200. The van der Waals surface area contributed by atoms with E-state index in [1.807, 2.05) is 20.8 Å². The predicted molar refractivity (Wildman–Crippen MR) is 74.0 cm³/mol. The predicted octanol–water partition coefficient (Wildman–Crippen LogP) is 5.75. The van der Waals surface area contributed by atoms with Crippen LogP contribution in [0, 0.1) is 18.6 Å². The van der Waals surface area contributed by atoms with Crippen molar-refractivity contribution in [1.29, 1.82) is 0 Å². The molecule has 0 saturated heterocycles. The first-order valence-corrected chi connectivity index (χ1v) is 6.33. The first kappa shape index (κ1) is 15.4. The Hall–Kier alpha value is -1.61. The summed E-state index contributed by atoms with van der Waals surface area (Å²) in [5.74, 6) is -1.14. The summed E-state index contributed by atoms with van der Waals surface area (Å²) in [6.07, 6.45) is 0. The molecule has 0 amide bonds. The zero-order valence-corrected chi connectivity index (χ0v) is 11.8. The van der Waals surface area contributed by atoms with E-state index in [4.69, 9.17) is 16.3 Å². The van der Waals surface area contributed by atoms with E-state index >= 15 is 0 Å². The van der Waals surface area contributed by atoms with Crippen molar-refractivity contribution in [1.82, 2.24) is 0 Å². The molecule has 0 N–H and O–H groups in total. The third-order valence-electron chi connectivity index (χ3n) is 2.27. The molecule has 2 rings (SSSR count). The van der Waals surface area contributed by atoms with Crippen molar-refractivity contribution >= 4 is 11.6 Å². The van der Waals surface area contributed by atoms with Crippen LogP contribution < -0.4 is 4.74 Å². The molecule has 4 heteroatoms. The topological polar surface area (TPSA) is 9.23 Å². The maximum Gasteiger partial charge on any atom is 0.162 e. The smallest absolute Gasteiger partial charge is 0.162 e. The van der Waals surface area contributed by atoms with Crippen molar-refractivity contribution < 1.29 is 13.5 Å². The van der Waals surface area contributed by atoms with Gasteiger partial charge >= 0.3 is 0 Å². The number of ether oxygens (including phenoxy) is 1. The molecule has 0 fully saturated rings. The van der Waals surface area contributed by atoms with E-state index in [1.54, 1.807) is 18.2 Å². The third kappa shape index (κ3) is 4.21. The van der Waals surface area contributed by atoms with Crippen molar-refractivity contribution in [3.05, 3.63) is 58.6 Å². The Balaban J connectivity index is 0.000000861. The number of rotatable bonds is 2.